The molecule has 2 fully saturated rings. The Morgan fingerprint density at radius 2 is 1.70 bits per heavy atom. The quantitative estimate of drug-likeness (QED) is 0.826. The van der Waals surface area contributed by atoms with Crippen molar-refractivity contribution in [2.75, 3.05) is 26.2 Å². The molecule has 0 bridgehead atoms. The van der Waals surface area contributed by atoms with E-state index in [1.807, 2.05) is 49.9 Å². The van der Waals surface area contributed by atoms with Crippen LogP contribution in [0.1, 0.15) is 42.6 Å². The lowest BCUT2D eigenvalue weighted by Gasteiger charge is -2.29. The Kier molecular flexibility index (Phi) is 7.68. The highest BCUT2D eigenvalue weighted by atomic mass is 35.5. The van der Waals surface area contributed by atoms with Crippen molar-refractivity contribution < 1.29 is 9.59 Å². The normalized spacial score (nSPS) is 23.2. The summed E-state index contributed by atoms with van der Waals surface area (Å²) in [5, 5.41) is 6.47. The van der Waals surface area contributed by atoms with Gasteiger partial charge in [-0.25, -0.2) is 0 Å². The van der Waals surface area contributed by atoms with E-state index < -0.39 is 6.04 Å². The van der Waals surface area contributed by atoms with Crippen LogP contribution in [0, 0.1) is 24.7 Å². The van der Waals surface area contributed by atoms with E-state index in [0.717, 1.165) is 44.6 Å². The molecule has 150 valence electrons. The minimum Gasteiger partial charge on any atom is -0.341 e. The number of nitrogens with zero attached hydrogens (tertiary/aromatic N) is 1. The smallest absolute Gasteiger partial charge is 0.252 e. The Bertz CT molecular complexity index is 651. The second kappa shape index (κ2) is 9.56. The molecule has 0 spiro atoms. The summed E-state index contributed by atoms with van der Waals surface area (Å²) in [6.07, 6.45) is 2.11. The SMILES string of the molecule is Cc1ccccc1C(=O)NC(C(=O)N1CC[C@@H]2CNC[C@@H]2CC1)C(C)C.Cl. The monoisotopic (exact) mass is 393 g/mol. The van der Waals surface area contributed by atoms with Crippen LogP contribution in [-0.2, 0) is 4.79 Å². The molecule has 2 aliphatic rings. The summed E-state index contributed by atoms with van der Waals surface area (Å²) >= 11 is 0. The summed E-state index contributed by atoms with van der Waals surface area (Å²) in [6, 6.07) is 7.03. The number of hydrogen-bond acceptors (Lipinski definition) is 3. The molecule has 1 unspecified atom stereocenters. The van der Waals surface area contributed by atoms with Gasteiger partial charge in [0.25, 0.3) is 5.91 Å². The average Bonchev–Trinajstić information content (AvgIpc) is 2.97. The molecule has 0 aliphatic carbocycles. The molecule has 0 saturated carbocycles. The Morgan fingerprint density at radius 1 is 1.11 bits per heavy atom. The maximum absolute atomic E-state index is 13.2. The van der Waals surface area contributed by atoms with Crippen LogP contribution in [-0.4, -0.2) is 48.9 Å². The van der Waals surface area contributed by atoms with Crippen molar-refractivity contribution in [2.45, 2.75) is 39.7 Å². The fourth-order valence-corrected chi connectivity index (χ4v) is 4.20. The molecule has 2 N–H and O–H groups in total. The van der Waals surface area contributed by atoms with E-state index in [1.54, 1.807) is 0 Å². The zero-order valence-electron chi connectivity index (χ0n) is 16.5. The number of carbonyl (C=O) groups excluding carboxylic acids is 2. The van der Waals surface area contributed by atoms with Crippen molar-refractivity contribution in [1.82, 2.24) is 15.5 Å². The van der Waals surface area contributed by atoms with Crippen molar-refractivity contribution in [1.29, 1.82) is 0 Å². The highest BCUT2D eigenvalue weighted by Gasteiger charge is 2.34. The summed E-state index contributed by atoms with van der Waals surface area (Å²) in [5.41, 5.74) is 1.57. The molecule has 5 nitrogen and oxygen atoms in total. The van der Waals surface area contributed by atoms with Gasteiger partial charge in [-0.15, -0.1) is 12.4 Å². The number of nitrogens with one attached hydrogen (secondary N) is 2. The van der Waals surface area contributed by atoms with Crippen molar-refractivity contribution in [3.8, 4) is 0 Å². The first-order valence-corrected chi connectivity index (χ1v) is 9.83. The molecule has 3 atom stereocenters. The van der Waals surface area contributed by atoms with Crippen LogP contribution in [0.5, 0.6) is 0 Å². The van der Waals surface area contributed by atoms with Crippen molar-refractivity contribution >= 4 is 24.2 Å². The standard InChI is InChI=1S/C21H31N3O2.ClH/c1-14(2)19(23-20(25)18-7-5-4-6-15(18)3)21(26)24-10-8-16-12-22-13-17(16)9-11-24;/h4-7,14,16-17,19,22H,8-13H2,1-3H3,(H,23,25);1H/t16-,17+,19?;. The van der Waals surface area contributed by atoms with Gasteiger partial charge in [-0.05, 0) is 62.2 Å². The molecular formula is C21H32ClN3O2. The van der Waals surface area contributed by atoms with Gasteiger partial charge in [0, 0.05) is 18.7 Å². The van der Waals surface area contributed by atoms with Crippen molar-refractivity contribution in [3.63, 3.8) is 0 Å². The maximum atomic E-state index is 13.2. The van der Waals surface area contributed by atoms with E-state index in [9.17, 15) is 9.59 Å². The van der Waals surface area contributed by atoms with E-state index in [4.69, 9.17) is 0 Å². The molecule has 0 aromatic heterocycles. The second-order valence-corrected chi connectivity index (χ2v) is 8.09. The minimum atomic E-state index is -0.474. The lowest BCUT2D eigenvalue weighted by atomic mass is 9.92. The molecule has 2 heterocycles. The van der Waals surface area contributed by atoms with Crippen molar-refractivity contribution in [3.05, 3.63) is 35.4 Å². The third-order valence-electron chi connectivity index (χ3n) is 5.94. The summed E-state index contributed by atoms with van der Waals surface area (Å²) < 4.78 is 0. The van der Waals surface area contributed by atoms with E-state index in [2.05, 4.69) is 10.6 Å². The Morgan fingerprint density at radius 3 is 2.26 bits per heavy atom. The topological polar surface area (TPSA) is 61.4 Å². The van der Waals surface area contributed by atoms with Crippen LogP contribution in [0.15, 0.2) is 24.3 Å². The molecule has 3 rings (SSSR count). The first-order chi connectivity index (χ1) is 12.5. The van der Waals surface area contributed by atoms with Gasteiger partial charge in [-0.2, -0.15) is 0 Å². The molecule has 2 amide bonds. The van der Waals surface area contributed by atoms with Crippen molar-refractivity contribution in [2.24, 2.45) is 17.8 Å². The van der Waals surface area contributed by atoms with E-state index >= 15 is 0 Å². The van der Waals surface area contributed by atoms with Gasteiger partial charge >= 0.3 is 0 Å². The highest BCUT2D eigenvalue weighted by molar-refractivity contribution is 5.98. The predicted octanol–water partition coefficient (Wildman–Crippen LogP) is 2.63. The summed E-state index contributed by atoms with van der Waals surface area (Å²) in [6.45, 7) is 9.65. The number of fused-ring (bicyclic) bond motifs is 1. The molecule has 2 saturated heterocycles. The number of hydrogen-bond donors (Lipinski definition) is 2. The molecule has 0 radical (unpaired) electrons. The summed E-state index contributed by atoms with van der Waals surface area (Å²) in [5.74, 6) is 1.33. The van der Waals surface area contributed by atoms with E-state index in [0.29, 0.717) is 17.4 Å². The molecule has 27 heavy (non-hydrogen) atoms. The van der Waals surface area contributed by atoms with Gasteiger partial charge < -0.3 is 15.5 Å². The third-order valence-corrected chi connectivity index (χ3v) is 5.94. The van der Waals surface area contributed by atoms with Crippen LogP contribution < -0.4 is 10.6 Å². The number of benzene rings is 1. The van der Waals surface area contributed by atoms with Gasteiger partial charge in [0.2, 0.25) is 5.91 Å². The Labute approximate surface area is 168 Å². The molecule has 2 aliphatic heterocycles. The number of likely N-dealkylation sites (tertiary alicyclic amines) is 1. The van der Waals surface area contributed by atoms with Crippen LogP contribution in [0.4, 0.5) is 0 Å². The number of halogens is 1. The first kappa shape index (κ1) is 21.7. The molecule has 6 heteroatoms. The summed E-state index contributed by atoms with van der Waals surface area (Å²) in [4.78, 5) is 27.8. The Hall–Kier alpha value is -1.59. The predicted molar refractivity (Wildman–Crippen MR) is 110 cm³/mol. The van der Waals surface area contributed by atoms with Gasteiger partial charge in [0.05, 0.1) is 0 Å². The molecule has 1 aromatic carbocycles. The van der Waals surface area contributed by atoms with Crippen LogP contribution in [0.3, 0.4) is 0 Å². The van der Waals surface area contributed by atoms with Gasteiger partial charge in [-0.3, -0.25) is 9.59 Å². The van der Waals surface area contributed by atoms with E-state index in [-0.39, 0.29) is 30.1 Å². The number of carbonyl (C=O) groups is 2. The van der Waals surface area contributed by atoms with Crippen LogP contribution in [0.2, 0.25) is 0 Å². The molecular weight excluding hydrogens is 362 g/mol. The fraction of sp³-hybridized carbons (Fsp3) is 0.619. The number of amides is 2. The average molecular weight is 394 g/mol. The Balaban J connectivity index is 0.00000261. The minimum absolute atomic E-state index is 0. The third kappa shape index (κ3) is 5.02. The maximum Gasteiger partial charge on any atom is 0.252 e. The van der Waals surface area contributed by atoms with Gasteiger partial charge in [0.15, 0.2) is 0 Å². The largest absolute Gasteiger partial charge is 0.341 e. The number of rotatable bonds is 4. The zero-order chi connectivity index (χ0) is 18.7. The molecule has 1 aromatic rings. The van der Waals surface area contributed by atoms with Gasteiger partial charge in [-0.1, -0.05) is 32.0 Å². The second-order valence-electron chi connectivity index (χ2n) is 8.09. The van der Waals surface area contributed by atoms with Crippen LogP contribution in [0.25, 0.3) is 0 Å². The zero-order valence-corrected chi connectivity index (χ0v) is 17.3. The lowest BCUT2D eigenvalue weighted by Crippen LogP contribution is -2.51. The number of aryl methyl sites for hydroxylation is 1. The highest BCUT2D eigenvalue weighted by Crippen LogP contribution is 2.27. The summed E-state index contributed by atoms with van der Waals surface area (Å²) in [7, 11) is 0. The lowest BCUT2D eigenvalue weighted by molar-refractivity contribution is -0.134. The van der Waals surface area contributed by atoms with Gasteiger partial charge in [0.1, 0.15) is 6.04 Å². The van der Waals surface area contributed by atoms with Crippen LogP contribution >= 0.6 is 12.4 Å². The van der Waals surface area contributed by atoms with E-state index in [1.165, 1.54) is 0 Å². The first-order valence-electron chi connectivity index (χ1n) is 9.83. The fourth-order valence-electron chi connectivity index (χ4n) is 4.20.